The zero-order valence-electron chi connectivity index (χ0n) is 12.8. The molecule has 1 aromatic rings. The number of rotatable bonds is 3. The van der Waals surface area contributed by atoms with E-state index in [-0.39, 0.29) is 26.0 Å². The van der Waals surface area contributed by atoms with Crippen LogP contribution in [0.3, 0.4) is 0 Å². The second-order valence-corrected chi connectivity index (χ2v) is 5.49. The predicted molar refractivity (Wildman–Crippen MR) is 85.5 cm³/mol. The van der Waals surface area contributed by atoms with Gasteiger partial charge >= 0.3 is 6.09 Å². The fourth-order valence-electron chi connectivity index (χ4n) is 2.46. The highest BCUT2D eigenvalue weighted by Crippen LogP contribution is 2.31. The second-order valence-electron chi connectivity index (χ2n) is 5.49. The summed E-state index contributed by atoms with van der Waals surface area (Å²) in [6.45, 7) is 4.89. The van der Waals surface area contributed by atoms with Crippen LogP contribution in [0.4, 0.5) is 4.79 Å². The first kappa shape index (κ1) is 18.0. The van der Waals surface area contributed by atoms with E-state index in [2.05, 4.69) is 5.32 Å². The quantitative estimate of drug-likeness (QED) is 0.856. The Morgan fingerprint density at radius 2 is 1.86 bits per heavy atom. The van der Waals surface area contributed by atoms with E-state index in [9.17, 15) is 14.4 Å². The molecule has 1 heterocycles. The lowest BCUT2D eigenvalue weighted by Crippen LogP contribution is -2.77. The average molecular weight is 324 g/mol. The summed E-state index contributed by atoms with van der Waals surface area (Å²) in [4.78, 5) is 36.1. The summed E-state index contributed by atoms with van der Waals surface area (Å²) in [7, 11) is 0. The number of ether oxygens (including phenoxy) is 1. The number of likely N-dealkylation sites (tertiary alicyclic amines) is 1. The van der Waals surface area contributed by atoms with E-state index in [1.807, 2.05) is 30.3 Å². The fraction of sp³-hybridized carbons (Fsp3) is 0.400. The molecule has 120 valence electrons. The van der Waals surface area contributed by atoms with Crippen molar-refractivity contribution in [2.45, 2.75) is 39.0 Å². The summed E-state index contributed by atoms with van der Waals surface area (Å²) >= 11 is 0. The summed E-state index contributed by atoms with van der Waals surface area (Å²) in [6.07, 6.45) is -0.673. The van der Waals surface area contributed by atoms with Gasteiger partial charge in [0.25, 0.3) is 5.91 Å². The van der Waals surface area contributed by atoms with Crippen LogP contribution in [0.1, 0.15) is 26.3 Å². The van der Waals surface area contributed by atoms with Crippen molar-refractivity contribution in [3.05, 3.63) is 35.9 Å². The first-order valence-electron chi connectivity index (χ1n) is 6.66. The Kier molecular flexibility index (Phi) is 5.59. The summed E-state index contributed by atoms with van der Waals surface area (Å²) < 4.78 is 5.07. The molecule has 7 heteroatoms. The lowest BCUT2D eigenvalue weighted by atomic mass is 9.82. The van der Waals surface area contributed by atoms with Gasteiger partial charge in [-0.05, 0) is 19.4 Å². The minimum Gasteiger partial charge on any atom is -0.445 e. The van der Waals surface area contributed by atoms with E-state index in [4.69, 9.17) is 4.74 Å². The molecule has 0 aromatic heterocycles. The molecule has 22 heavy (non-hydrogen) atoms. The molecule has 0 bridgehead atoms. The number of β-lactam (4-membered cyclic amide) rings is 1. The second kappa shape index (κ2) is 6.83. The van der Waals surface area contributed by atoms with Crippen molar-refractivity contribution in [1.82, 2.24) is 10.2 Å². The van der Waals surface area contributed by atoms with Gasteiger partial charge in [0.05, 0.1) is 5.54 Å². The number of hydrogen-bond donors (Lipinski definition) is 1. The topological polar surface area (TPSA) is 75.7 Å². The molecular weight excluding hydrogens is 304 g/mol. The number of alkyl carbamates (subject to hydrolysis) is 1. The molecule has 1 atom stereocenters. The van der Waals surface area contributed by atoms with Crippen molar-refractivity contribution >= 4 is 31.4 Å². The van der Waals surface area contributed by atoms with E-state index in [0.29, 0.717) is 0 Å². The third-order valence-corrected chi connectivity index (χ3v) is 3.54. The Labute approximate surface area is 136 Å². The van der Waals surface area contributed by atoms with Gasteiger partial charge in [-0.15, -0.1) is 0 Å². The molecule has 1 aliphatic rings. The van der Waals surface area contributed by atoms with Gasteiger partial charge in [0, 0.05) is 6.92 Å². The third-order valence-electron chi connectivity index (χ3n) is 3.54. The number of amides is 3. The van der Waals surface area contributed by atoms with Crippen LogP contribution in [-0.2, 0) is 20.9 Å². The highest BCUT2D eigenvalue weighted by Gasteiger charge is 2.56. The summed E-state index contributed by atoms with van der Waals surface area (Å²) in [5.41, 5.74) is 0.117. The van der Waals surface area contributed by atoms with E-state index in [1.54, 1.807) is 13.8 Å². The normalized spacial score (nSPS) is 18.8. The first-order valence-corrected chi connectivity index (χ1v) is 6.66. The molecule has 0 spiro atoms. The highest BCUT2D eigenvalue weighted by atomic mass is 32.1. The molecule has 1 N–H and O–H groups in total. The van der Waals surface area contributed by atoms with Crippen LogP contribution in [0.15, 0.2) is 30.3 Å². The van der Waals surface area contributed by atoms with Crippen molar-refractivity contribution in [2.75, 3.05) is 0 Å². The number of imide groups is 1. The minimum atomic E-state index is -0.746. The van der Waals surface area contributed by atoms with Crippen LogP contribution in [0, 0.1) is 0 Å². The minimum absolute atomic E-state index is 0. The lowest BCUT2D eigenvalue weighted by molar-refractivity contribution is -0.168. The van der Waals surface area contributed by atoms with Gasteiger partial charge in [-0.1, -0.05) is 30.3 Å². The Morgan fingerprint density at radius 1 is 1.27 bits per heavy atom. The summed E-state index contributed by atoms with van der Waals surface area (Å²) in [5.74, 6) is -0.745. The standard InChI is InChI=1S/C15H18N2O4.H2S/c1-10(18)17-13(19)12(15(17,2)3)16-14(20)21-9-11-7-5-4-6-8-11;/h4-8,12H,9H2,1-3H3,(H,16,20);1H2/t12-;/m1./s1. The van der Waals surface area contributed by atoms with Crippen LogP contribution < -0.4 is 5.32 Å². The molecular formula is C15H20N2O4S. The maximum absolute atomic E-state index is 11.9. The number of nitrogens with zero attached hydrogens (tertiary/aromatic N) is 1. The fourth-order valence-corrected chi connectivity index (χ4v) is 2.46. The van der Waals surface area contributed by atoms with Crippen LogP contribution in [0.2, 0.25) is 0 Å². The van der Waals surface area contributed by atoms with Gasteiger partial charge in [0.1, 0.15) is 12.6 Å². The van der Waals surface area contributed by atoms with Crippen molar-refractivity contribution < 1.29 is 19.1 Å². The summed E-state index contributed by atoms with van der Waals surface area (Å²) in [6, 6.07) is 8.49. The first-order chi connectivity index (χ1) is 9.84. The Hall–Kier alpha value is -2.02. The molecule has 2 rings (SSSR count). The van der Waals surface area contributed by atoms with Gasteiger partial charge in [-0.25, -0.2) is 4.79 Å². The number of benzene rings is 1. The van der Waals surface area contributed by atoms with E-state index in [0.717, 1.165) is 10.5 Å². The van der Waals surface area contributed by atoms with Gasteiger partial charge < -0.3 is 10.1 Å². The van der Waals surface area contributed by atoms with E-state index < -0.39 is 23.6 Å². The molecule has 0 radical (unpaired) electrons. The zero-order valence-corrected chi connectivity index (χ0v) is 13.8. The summed E-state index contributed by atoms with van der Waals surface area (Å²) in [5, 5.41) is 2.51. The maximum Gasteiger partial charge on any atom is 0.408 e. The van der Waals surface area contributed by atoms with Gasteiger partial charge in [-0.3, -0.25) is 14.5 Å². The largest absolute Gasteiger partial charge is 0.445 e. The molecule has 0 aliphatic carbocycles. The van der Waals surface area contributed by atoms with Crippen LogP contribution >= 0.6 is 13.5 Å². The third kappa shape index (κ3) is 3.41. The van der Waals surface area contributed by atoms with Crippen molar-refractivity contribution in [2.24, 2.45) is 0 Å². The molecule has 0 saturated carbocycles. The maximum atomic E-state index is 11.9. The number of nitrogens with one attached hydrogen (secondary N) is 1. The molecule has 1 fully saturated rings. The molecule has 1 saturated heterocycles. The Bertz CT molecular complexity index is 574. The smallest absolute Gasteiger partial charge is 0.408 e. The SMILES string of the molecule is CC(=O)N1C(=O)[C@@H](NC(=O)OCc2ccccc2)C1(C)C.S. The number of hydrogen-bond acceptors (Lipinski definition) is 4. The molecule has 3 amide bonds. The average Bonchev–Trinajstić information content (AvgIpc) is 2.43. The zero-order chi connectivity index (χ0) is 15.6. The monoisotopic (exact) mass is 324 g/mol. The van der Waals surface area contributed by atoms with Crippen LogP contribution in [0.5, 0.6) is 0 Å². The molecule has 0 unspecified atom stereocenters. The Morgan fingerprint density at radius 3 is 2.36 bits per heavy atom. The van der Waals surface area contributed by atoms with Crippen LogP contribution in [0.25, 0.3) is 0 Å². The van der Waals surface area contributed by atoms with Gasteiger partial charge in [-0.2, -0.15) is 13.5 Å². The molecule has 1 aliphatic heterocycles. The number of carbonyl (C=O) groups is 3. The number of carbonyl (C=O) groups excluding carboxylic acids is 3. The van der Waals surface area contributed by atoms with Crippen molar-refractivity contribution in [1.29, 1.82) is 0 Å². The highest BCUT2D eigenvalue weighted by molar-refractivity contribution is 7.59. The van der Waals surface area contributed by atoms with Gasteiger partial charge in [0.15, 0.2) is 0 Å². The van der Waals surface area contributed by atoms with Crippen molar-refractivity contribution in [3.63, 3.8) is 0 Å². The van der Waals surface area contributed by atoms with Crippen LogP contribution in [-0.4, -0.2) is 34.4 Å². The lowest BCUT2D eigenvalue weighted by Gasteiger charge is -2.51. The van der Waals surface area contributed by atoms with E-state index in [1.165, 1.54) is 6.92 Å². The van der Waals surface area contributed by atoms with Gasteiger partial charge in [0.2, 0.25) is 5.91 Å². The molecule has 1 aromatic carbocycles. The Balaban J connectivity index is 0.00000242. The predicted octanol–water partition coefficient (Wildman–Crippen LogP) is 1.56. The van der Waals surface area contributed by atoms with E-state index >= 15 is 0 Å². The van der Waals surface area contributed by atoms with Crippen molar-refractivity contribution in [3.8, 4) is 0 Å². The molecule has 6 nitrogen and oxygen atoms in total.